The summed E-state index contributed by atoms with van der Waals surface area (Å²) in [5.74, 6) is 1.20. The molecule has 1 aliphatic rings. The molecule has 4 nitrogen and oxygen atoms in total. The second-order valence-electron chi connectivity index (χ2n) is 9.04. The summed E-state index contributed by atoms with van der Waals surface area (Å²) in [7, 11) is 0. The third kappa shape index (κ3) is 4.64. The highest BCUT2D eigenvalue weighted by Crippen LogP contribution is 2.34. The quantitative estimate of drug-likeness (QED) is 0.568. The van der Waals surface area contributed by atoms with Crippen LogP contribution in [0.5, 0.6) is 0 Å². The maximum atomic E-state index is 13.4. The first kappa shape index (κ1) is 20.4. The molecule has 29 heavy (non-hydrogen) atoms. The van der Waals surface area contributed by atoms with E-state index in [1.165, 1.54) is 24.0 Å². The minimum absolute atomic E-state index is 0.0608. The van der Waals surface area contributed by atoms with Crippen molar-refractivity contribution >= 4 is 22.8 Å². The lowest BCUT2D eigenvalue weighted by Gasteiger charge is -2.28. The molecule has 2 heterocycles. The minimum atomic E-state index is -0.465. The maximum Gasteiger partial charge on any atom is 0.213 e. The van der Waals surface area contributed by atoms with E-state index in [0.717, 1.165) is 58.9 Å². The van der Waals surface area contributed by atoms with Crippen molar-refractivity contribution in [1.29, 1.82) is 0 Å². The number of benzene rings is 1. The Kier molecular flexibility index (Phi) is 5.67. The zero-order chi connectivity index (χ0) is 20.6. The third-order valence-corrected chi connectivity index (χ3v) is 6.56. The van der Waals surface area contributed by atoms with Gasteiger partial charge in [-0.25, -0.2) is 9.97 Å². The first-order chi connectivity index (χ1) is 13.8. The molecular formula is C23H28FN3OS. The average Bonchev–Trinajstić information content (AvgIpc) is 3.02. The van der Waals surface area contributed by atoms with Gasteiger partial charge in [0.2, 0.25) is 5.95 Å². The molecule has 0 radical (unpaired) electrons. The van der Waals surface area contributed by atoms with Crippen molar-refractivity contribution in [1.82, 2.24) is 14.5 Å². The highest BCUT2D eigenvalue weighted by atomic mass is 32.2. The van der Waals surface area contributed by atoms with Crippen LogP contribution in [0.2, 0.25) is 0 Å². The number of hydrogen-bond donors (Lipinski definition) is 1. The Labute approximate surface area is 175 Å². The molecule has 2 aromatic heterocycles. The molecule has 1 N–H and O–H groups in total. The Morgan fingerprint density at radius 2 is 1.83 bits per heavy atom. The zero-order valence-corrected chi connectivity index (χ0v) is 18.0. The summed E-state index contributed by atoms with van der Waals surface area (Å²) in [5, 5.41) is 9.83. The summed E-state index contributed by atoms with van der Waals surface area (Å²) < 4.78 is 15.8. The van der Waals surface area contributed by atoms with E-state index in [9.17, 15) is 9.50 Å². The van der Waals surface area contributed by atoms with Crippen molar-refractivity contribution in [2.45, 2.75) is 74.3 Å². The number of hydrogen-bond acceptors (Lipinski definition) is 4. The number of rotatable bonds is 4. The van der Waals surface area contributed by atoms with E-state index < -0.39 is 5.95 Å². The van der Waals surface area contributed by atoms with Gasteiger partial charge in [-0.1, -0.05) is 32.5 Å². The summed E-state index contributed by atoms with van der Waals surface area (Å²) in [6.07, 6.45) is 5.27. The second-order valence-corrected chi connectivity index (χ2v) is 10.2. The summed E-state index contributed by atoms with van der Waals surface area (Å²) in [6, 6.07) is 9.57. The van der Waals surface area contributed by atoms with Gasteiger partial charge >= 0.3 is 0 Å². The molecule has 0 spiro atoms. The lowest BCUT2D eigenvalue weighted by atomic mass is 9.87. The molecule has 6 heteroatoms. The van der Waals surface area contributed by atoms with Crippen molar-refractivity contribution in [2.24, 2.45) is 5.92 Å². The van der Waals surface area contributed by atoms with E-state index in [0.29, 0.717) is 5.92 Å². The van der Waals surface area contributed by atoms with Crippen LogP contribution in [-0.2, 0) is 12.0 Å². The number of fused-ring (bicyclic) bond motifs is 1. The molecule has 1 aromatic carbocycles. The van der Waals surface area contributed by atoms with E-state index in [1.54, 1.807) is 0 Å². The fourth-order valence-corrected chi connectivity index (χ4v) is 4.96. The van der Waals surface area contributed by atoms with Crippen LogP contribution in [0, 0.1) is 11.9 Å². The van der Waals surface area contributed by atoms with E-state index in [2.05, 4.69) is 48.5 Å². The monoisotopic (exact) mass is 413 g/mol. The molecule has 1 fully saturated rings. The Morgan fingerprint density at radius 1 is 1.10 bits per heavy atom. The molecule has 0 atom stereocenters. The van der Waals surface area contributed by atoms with Crippen molar-refractivity contribution in [2.75, 3.05) is 0 Å². The predicted molar refractivity (Wildman–Crippen MR) is 115 cm³/mol. The number of aliphatic hydroxyl groups excluding tert-OH is 1. The normalized spacial score (nSPS) is 20.3. The third-order valence-electron chi connectivity index (χ3n) is 5.58. The summed E-state index contributed by atoms with van der Waals surface area (Å²) in [6.45, 7) is 7.54. The van der Waals surface area contributed by atoms with Gasteiger partial charge in [-0.05, 0) is 55.9 Å². The van der Waals surface area contributed by atoms with E-state index in [1.807, 2.05) is 6.07 Å². The number of halogens is 1. The predicted octanol–water partition coefficient (Wildman–Crippen LogP) is 5.57. The maximum absolute atomic E-state index is 13.4. The van der Waals surface area contributed by atoms with Crippen molar-refractivity contribution in [3.8, 4) is 0 Å². The van der Waals surface area contributed by atoms with Crippen LogP contribution in [0.1, 0.15) is 52.3 Å². The molecule has 3 aromatic rings. The average molecular weight is 414 g/mol. The van der Waals surface area contributed by atoms with Crippen LogP contribution in [0.15, 0.2) is 46.3 Å². The highest BCUT2D eigenvalue weighted by Gasteiger charge is 2.26. The van der Waals surface area contributed by atoms with Gasteiger partial charge in [0.25, 0.3) is 0 Å². The van der Waals surface area contributed by atoms with E-state index in [-0.39, 0.29) is 11.5 Å². The smallest absolute Gasteiger partial charge is 0.213 e. The molecule has 154 valence electrons. The fraction of sp³-hybridized carbons (Fsp3) is 0.478. The number of aliphatic hydroxyl groups is 1. The van der Waals surface area contributed by atoms with Crippen molar-refractivity contribution < 1.29 is 9.50 Å². The summed E-state index contributed by atoms with van der Waals surface area (Å²) >= 11 is 1.52. The number of nitrogens with zero attached hydrogens (tertiary/aromatic N) is 3. The standard InChI is InChI=1S/C23H28FN3OS/c1-23(2,3)22-26-19-12-17(29-18-10-11-25-21(24)13-18)8-9-20(19)27(22)14-15-4-6-16(28)7-5-15/h8-13,15-16,28H,4-7,14H2,1-3H3. The van der Waals surface area contributed by atoms with Gasteiger partial charge in [-0.15, -0.1) is 0 Å². The van der Waals surface area contributed by atoms with E-state index >= 15 is 0 Å². The minimum Gasteiger partial charge on any atom is -0.393 e. The SMILES string of the molecule is CC(C)(C)c1nc2cc(Sc3ccnc(F)c3)ccc2n1CC1CCC(O)CC1. The highest BCUT2D eigenvalue weighted by molar-refractivity contribution is 7.99. The number of pyridine rings is 1. The summed E-state index contributed by atoms with van der Waals surface area (Å²) in [4.78, 5) is 10.5. The van der Waals surface area contributed by atoms with Gasteiger partial charge in [0.05, 0.1) is 17.1 Å². The molecule has 1 aliphatic carbocycles. The van der Waals surface area contributed by atoms with Gasteiger partial charge in [-0.3, -0.25) is 0 Å². The largest absolute Gasteiger partial charge is 0.393 e. The van der Waals surface area contributed by atoms with Crippen molar-refractivity contribution in [3.05, 3.63) is 48.3 Å². The topological polar surface area (TPSA) is 50.9 Å². The second kappa shape index (κ2) is 8.07. The number of aromatic nitrogens is 3. The van der Waals surface area contributed by atoms with Crippen molar-refractivity contribution in [3.63, 3.8) is 0 Å². The zero-order valence-electron chi connectivity index (χ0n) is 17.2. The molecule has 0 bridgehead atoms. The van der Waals surface area contributed by atoms with Gasteiger partial charge in [0.1, 0.15) is 5.82 Å². The lowest BCUT2D eigenvalue weighted by Crippen LogP contribution is -2.25. The number of imidazole rings is 1. The molecule has 0 aliphatic heterocycles. The Morgan fingerprint density at radius 3 is 2.52 bits per heavy atom. The van der Waals surface area contributed by atoms with Crippen LogP contribution in [0.25, 0.3) is 11.0 Å². The molecule has 0 saturated heterocycles. The fourth-order valence-electron chi connectivity index (χ4n) is 4.10. The van der Waals surface area contributed by atoms with E-state index in [4.69, 9.17) is 4.98 Å². The Hall–Kier alpha value is -1.92. The molecule has 0 unspecified atom stereocenters. The molecule has 4 rings (SSSR count). The molecule has 0 amide bonds. The van der Waals surface area contributed by atoms with Gasteiger partial charge < -0.3 is 9.67 Å². The van der Waals surface area contributed by atoms with Gasteiger partial charge in [-0.2, -0.15) is 4.39 Å². The summed E-state index contributed by atoms with van der Waals surface area (Å²) in [5.41, 5.74) is 2.06. The van der Waals surface area contributed by atoms with Crippen LogP contribution < -0.4 is 0 Å². The first-order valence-corrected chi connectivity index (χ1v) is 11.1. The van der Waals surface area contributed by atoms with Gasteiger partial charge in [0.15, 0.2) is 0 Å². The van der Waals surface area contributed by atoms with Crippen LogP contribution in [0.4, 0.5) is 4.39 Å². The lowest BCUT2D eigenvalue weighted by molar-refractivity contribution is 0.104. The van der Waals surface area contributed by atoms with Crippen LogP contribution in [0.3, 0.4) is 0 Å². The van der Waals surface area contributed by atoms with Crippen LogP contribution >= 0.6 is 11.8 Å². The Balaban J connectivity index is 1.66. The molecule has 1 saturated carbocycles. The first-order valence-electron chi connectivity index (χ1n) is 10.3. The molecular weight excluding hydrogens is 385 g/mol. The Bertz CT molecular complexity index is 1000. The van der Waals surface area contributed by atoms with Gasteiger partial charge in [0, 0.05) is 34.0 Å². The van der Waals surface area contributed by atoms with Crippen LogP contribution in [-0.4, -0.2) is 25.7 Å².